The molecule has 2 fully saturated rings. The van der Waals surface area contributed by atoms with E-state index < -0.39 is 0 Å². The number of nitro groups is 1. The molecule has 1 aliphatic heterocycles. The molecule has 0 bridgehead atoms. The highest BCUT2D eigenvalue weighted by Crippen LogP contribution is 2.35. The summed E-state index contributed by atoms with van der Waals surface area (Å²) in [6.07, 6.45) is 3.61. The highest BCUT2D eigenvalue weighted by molar-refractivity contribution is 5.64. The summed E-state index contributed by atoms with van der Waals surface area (Å²) < 4.78 is 5.06. The second-order valence-corrected chi connectivity index (χ2v) is 5.99. The predicted octanol–water partition coefficient (Wildman–Crippen LogP) is 2.64. The van der Waals surface area contributed by atoms with Crippen LogP contribution in [0.15, 0.2) is 18.2 Å². The summed E-state index contributed by atoms with van der Waals surface area (Å²) >= 11 is 0. The Balaban J connectivity index is 1.74. The quantitative estimate of drug-likeness (QED) is 0.667. The number of hydrogen-bond acceptors (Lipinski definition) is 5. The van der Waals surface area contributed by atoms with E-state index in [4.69, 9.17) is 4.74 Å². The van der Waals surface area contributed by atoms with E-state index in [9.17, 15) is 10.1 Å². The Morgan fingerprint density at radius 2 is 2.19 bits per heavy atom. The molecule has 6 heteroatoms. The monoisotopic (exact) mass is 291 g/mol. The Labute approximate surface area is 124 Å². The number of nitrogens with zero attached hydrogens (tertiary/aromatic N) is 2. The van der Waals surface area contributed by atoms with Gasteiger partial charge in [0.2, 0.25) is 0 Å². The van der Waals surface area contributed by atoms with Gasteiger partial charge in [0.1, 0.15) is 11.4 Å². The van der Waals surface area contributed by atoms with Gasteiger partial charge in [0.15, 0.2) is 0 Å². The second kappa shape index (κ2) is 5.52. The zero-order valence-corrected chi connectivity index (χ0v) is 12.4. The van der Waals surface area contributed by atoms with E-state index in [1.807, 2.05) is 0 Å². The van der Waals surface area contributed by atoms with Crippen molar-refractivity contribution >= 4 is 11.4 Å². The summed E-state index contributed by atoms with van der Waals surface area (Å²) in [5.41, 5.74) is 0.655. The molecule has 0 radical (unpaired) electrons. The molecule has 21 heavy (non-hydrogen) atoms. The van der Waals surface area contributed by atoms with Crippen molar-refractivity contribution in [3.05, 3.63) is 28.3 Å². The van der Waals surface area contributed by atoms with Crippen molar-refractivity contribution in [3.63, 3.8) is 0 Å². The largest absolute Gasteiger partial charge is 0.496 e. The number of benzene rings is 1. The van der Waals surface area contributed by atoms with Crippen molar-refractivity contribution in [1.29, 1.82) is 0 Å². The van der Waals surface area contributed by atoms with Crippen LogP contribution in [0.2, 0.25) is 0 Å². The standard InChI is InChI=1S/C15H21N3O3/c1-10-7-11(9-17(10)12-3-4-12)16-14-6-5-13(21-2)8-15(14)18(19)20/h5-6,8,10-12,16H,3-4,7,9H2,1-2H3. The summed E-state index contributed by atoms with van der Waals surface area (Å²) in [5, 5.41) is 14.6. The maximum Gasteiger partial charge on any atom is 0.296 e. The van der Waals surface area contributed by atoms with Crippen LogP contribution in [0.5, 0.6) is 5.75 Å². The minimum atomic E-state index is -0.359. The highest BCUT2D eigenvalue weighted by atomic mass is 16.6. The van der Waals surface area contributed by atoms with Gasteiger partial charge >= 0.3 is 0 Å². The van der Waals surface area contributed by atoms with Crippen molar-refractivity contribution in [2.24, 2.45) is 0 Å². The van der Waals surface area contributed by atoms with E-state index in [0.717, 1.165) is 19.0 Å². The highest BCUT2D eigenvalue weighted by Gasteiger charge is 2.39. The molecule has 1 N–H and O–H groups in total. The van der Waals surface area contributed by atoms with E-state index in [0.29, 0.717) is 17.5 Å². The molecule has 6 nitrogen and oxygen atoms in total. The predicted molar refractivity (Wildman–Crippen MR) is 80.9 cm³/mol. The summed E-state index contributed by atoms with van der Waals surface area (Å²) in [7, 11) is 1.51. The van der Waals surface area contributed by atoms with Gasteiger partial charge in [-0.15, -0.1) is 0 Å². The van der Waals surface area contributed by atoms with Gasteiger partial charge in [-0.05, 0) is 38.3 Å². The normalized spacial score (nSPS) is 25.8. The Morgan fingerprint density at radius 3 is 2.81 bits per heavy atom. The van der Waals surface area contributed by atoms with Gasteiger partial charge in [-0.2, -0.15) is 0 Å². The zero-order valence-electron chi connectivity index (χ0n) is 12.4. The first-order valence-corrected chi connectivity index (χ1v) is 7.43. The summed E-state index contributed by atoms with van der Waals surface area (Å²) in [5.74, 6) is 0.506. The molecular weight excluding hydrogens is 270 g/mol. The van der Waals surface area contributed by atoms with Gasteiger partial charge in [-0.1, -0.05) is 0 Å². The number of likely N-dealkylation sites (tertiary alicyclic amines) is 1. The lowest BCUT2D eigenvalue weighted by molar-refractivity contribution is -0.384. The second-order valence-electron chi connectivity index (χ2n) is 5.99. The first-order valence-electron chi connectivity index (χ1n) is 7.43. The van der Waals surface area contributed by atoms with Crippen LogP contribution >= 0.6 is 0 Å². The van der Waals surface area contributed by atoms with Crippen LogP contribution in [0, 0.1) is 10.1 Å². The van der Waals surface area contributed by atoms with E-state index in [1.54, 1.807) is 12.1 Å². The molecule has 114 valence electrons. The molecular formula is C15H21N3O3. The maximum atomic E-state index is 11.2. The fraction of sp³-hybridized carbons (Fsp3) is 0.600. The molecule has 1 aromatic rings. The molecule has 1 aliphatic carbocycles. The van der Waals surface area contributed by atoms with Crippen molar-refractivity contribution in [3.8, 4) is 5.75 Å². The van der Waals surface area contributed by atoms with Gasteiger partial charge in [-0.25, -0.2) is 0 Å². The molecule has 2 unspecified atom stereocenters. The number of nitro benzene ring substituents is 1. The molecule has 0 aromatic heterocycles. The van der Waals surface area contributed by atoms with Crippen LogP contribution < -0.4 is 10.1 Å². The molecule has 1 saturated heterocycles. The minimum absolute atomic E-state index is 0.0758. The molecule has 1 aromatic carbocycles. The number of methoxy groups -OCH3 is 1. The number of rotatable bonds is 5. The molecule has 0 spiro atoms. The van der Waals surface area contributed by atoms with Crippen LogP contribution in [-0.2, 0) is 0 Å². The topological polar surface area (TPSA) is 67.6 Å². The Hall–Kier alpha value is -1.82. The molecule has 1 saturated carbocycles. The van der Waals surface area contributed by atoms with Crippen LogP contribution in [0.3, 0.4) is 0 Å². The first kappa shape index (κ1) is 14.1. The lowest BCUT2D eigenvalue weighted by atomic mass is 10.1. The number of anilines is 1. The fourth-order valence-electron chi connectivity index (χ4n) is 3.21. The number of ether oxygens (including phenoxy) is 1. The van der Waals surface area contributed by atoms with E-state index in [2.05, 4.69) is 17.1 Å². The van der Waals surface area contributed by atoms with E-state index in [1.165, 1.54) is 26.0 Å². The fourth-order valence-corrected chi connectivity index (χ4v) is 3.21. The third-order valence-electron chi connectivity index (χ3n) is 4.40. The summed E-state index contributed by atoms with van der Waals surface area (Å²) in [4.78, 5) is 13.4. The summed E-state index contributed by atoms with van der Waals surface area (Å²) in [6, 6.07) is 6.52. The molecule has 2 aliphatic rings. The van der Waals surface area contributed by atoms with E-state index in [-0.39, 0.29) is 16.7 Å². The van der Waals surface area contributed by atoms with Gasteiger partial charge in [0, 0.05) is 24.7 Å². The smallest absolute Gasteiger partial charge is 0.296 e. The lowest BCUT2D eigenvalue weighted by Crippen LogP contribution is -2.31. The molecule has 1 heterocycles. The van der Waals surface area contributed by atoms with Crippen LogP contribution in [0.1, 0.15) is 26.2 Å². The van der Waals surface area contributed by atoms with Gasteiger partial charge in [-0.3, -0.25) is 15.0 Å². The number of nitrogens with one attached hydrogen (secondary N) is 1. The van der Waals surface area contributed by atoms with Crippen LogP contribution in [0.25, 0.3) is 0 Å². The third-order valence-corrected chi connectivity index (χ3v) is 4.40. The average Bonchev–Trinajstić information content (AvgIpc) is 3.23. The SMILES string of the molecule is COc1ccc(NC2CC(C)N(C3CC3)C2)c([N+](=O)[O-])c1. The van der Waals surface area contributed by atoms with Crippen molar-refractivity contribution in [2.75, 3.05) is 19.0 Å². The van der Waals surface area contributed by atoms with Gasteiger partial charge in [0.25, 0.3) is 5.69 Å². The molecule has 3 rings (SSSR count). The van der Waals surface area contributed by atoms with Gasteiger partial charge < -0.3 is 10.1 Å². The molecule has 2 atom stereocenters. The third kappa shape index (κ3) is 2.95. The molecule has 0 amide bonds. The first-order chi connectivity index (χ1) is 10.1. The Morgan fingerprint density at radius 1 is 1.43 bits per heavy atom. The lowest BCUT2D eigenvalue weighted by Gasteiger charge is -2.20. The Bertz CT molecular complexity index is 545. The van der Waals surface area contributed by atoms with Crippen molar-refractivity contribution < 1.29 is 9.66 Å². The van der Waals surface area contributed by atoms with Crippen molar-refractivity contribution in [2.45, 2.75) is 44.3 Å². The van der Waals surface area contributed by atoms with Crippen molar-refractivity contribution in [1.82, 2.24) is 4.90 Å². The Kier molecular flexibility index (Phi) is 3.71. The zero-order chi connectivity index (χ0) is 15.0. The van der Waals surface area contributed by atoms with E-state index >= 15 is 0 Å². The average molecular weight is 291 g/mol. The van der Waals surface area contributed by atoms with Gasteiger partial charge in [0.05, 0.1) is 18.1 Å². The summed E-state index contributed by atoms with van der Waals surface area (Å²) in [6.45, 7) is 3.21. The minimum Gasteiger partial charge on any atom is -0.496 e. The van der Waals surface area contributed by atoms with Crippen LogP contribution in [-0.4, -0.2) is 41.6 Å². The maximum absolute atomic E-state index is 11.2. The number of hydrogen-bond donors (Lipinski definition) is 1. The van der Waals surface area contributed by atoms with Crippen LogP contribution in [0.4, 0.5) is 11.4 Å².